The van der Waals surface area contributed by atoms with Crippen LogP contribution < -0.4 is 11.1 Å². The number of halogens is 3. The van der Waals surface area contributed by atoms with Gasteiger partial charge in [-0.25, -0.2) is 0 Å². The minimum Gasteiger partial charge on any atom is -0.397 e. The van der Waals surface area contributed by atoms with Crippen molar-refractivity contribution in [1.29, 1.82) is 0 Å². The maximum absolute atomic E-state index is 6.07. The van der Waals surface area contributed by atoms with Crippen LogP contribution in [0, 0.1) is 3.57 Å². The van der Waals surface area contributed by atoms with Gasteiger partial charge in [0, 0.05) is 8.59 Å². The standard InChI is InChI=1S/C12H9Cl2IN2/c13-7-1-3-9(14)12(5-7)17-11-4-2-8(15)6-10(11)16/h1-6,17H,16H2. The highest BCUT2D eigenvalue weighted by molar-refractivity contribution is 14.1. The molecule has 0 amide bonds. The third-order valence-corrected chi connectivity index (χ3v) is 3.45. The third kappa shape index (κ3) is 3.18. The summed E-state index contributed by atoms with van der Waals surface area (Å²) in [5.74, 6) is 0. The van der Waals surface area contributed by atoms with Gasteiger partial charge in [-0.2, -0.15) is 0 Å². The average Bonchev–Trinajstić information content (AvgIpc) is 2.27. The molecular formula is C12H9Cl2IN2. The van der Waals surface area contributed by atoms with E-state index in [0.717, 1.165) is 14.9 Å². The molecule has 2 aromatic carbocycles. The summed E-state index contributed by atoms with van der Waals surface area (Å²) in [5, 5.41) is 4.39. The number of hydrogen-bond donors (Lipinski definition) is 2. The van der Waals surface area contributed by atoms with Crippen molar-refractivity contribution in [3.8, 4) is 0 Å². The summed E-state index contributed by atoms with van der Waals surface area (Å²) >= 11 is 14.2. The number of benzene rings is 2. The van der Waals surface area contributed by atoms with Gasteiger partial charge < -0.3 is 11.1 Å². The molecule has 5 heteroatoms. The number of rotatable bonds is 2. The van der Waals surface area contributed by atoms with Crippen LogP contribution in [0.25, 0.3) is 0 Å². The Labute approximate surface area is 123 Å². The molecule has 0 bridgehead atoms. The molecule has 17 heavy (non-hydrogen) atoms. The molecule has 0 unspecified atom stereocenters. The van der Waals surface area contributed by atoms with Crippen molar-refractivity contribution in [3.63, 3.8) is 0 Å². The van der Waals surface area contributed by atoms with E-state index in [2.05, 4.69) is 27.9 Å². The number of nitrogens with two attached hydrogens (primary N) is 1. The quantitative estimate of drug-likeness (QED) is 0.574. The van der Waals surface area contributed by atoms with Crippen LogP contribution in [0.15, 0.2) is 36.4 Å². The zero-order valence-electron chi connectivity index (χ0n) is 8.68. The van der Waals surface area contributed by atoms with Gasteiger partial charge >= 0.3 is 0 Å². The first-order valence-corrected chi connectivity index (χ1v) is 6.67. The Morgan fingerprint density at radius 3 is 2.47 bits per heavy atom. The van der Waals surface area contributed by atoms with Crippen LogP contribution in [0.4, 0.5) is 17.1 Å². The maximum atomic E-state index is 6.07. The fourth-order valence-corrected chi connectivity index (χ4v) is 2.24. The van der Waals surface area contributed by atoms with Gasteiger partial charge in [0.2, 0.25) is 0 Å². The largest absolute Gasteiger partial charge is 0.397 e. The topological polar surface area (TPSA) is 38.0 Å². The lowest BCUT2D eigenvalue weighted by Crippen LogP contribution is -1.97. The van der Waals surface area contributed by atoms with Crippen molar-refractivity contribution in [1.82, 2.24) is 0 Å². The van der Waals surface area contributed by atoms with Gasteiger partial charge in [0.25, 0.3) is 0 Å². The summed E-state index contributed by atoms with van der Waals surface area (Å²) in [4.78, 5) is 0. The maximum Gasteiger partial charge on any atom is 0.0642 e. The van der Waals surface area contributed by atoms with Crippen molar-refractivity contribution in [2.24, 2.45) is 0 Å². The summed E-state index contributed by atoms with van der Waals surface area (Å²) in [7, 11) is 0. The first-order chi connectivity index (χ1) is 8.06. The van der Waals surface area contributed by atoms with Crippen molar-refractivity contribution in [2.45, 2.75) is 0 Å². The highest BCUT2D eigenvalue weighted by Crippen LogP contribution is 2.31. The molecule has 0 spiro atoms. The molecule has 2 nitrogen and oxygen atoms in total. The highest BCUT2D eigenvalue weighted by Gasteiger charge is 2.04. The lowest BCUT2D eigenvalue weighted by atomic mass is 10.2. The lowest BCUT2D eigenvalue weighted by Gasteiger charge is -2.11. The normalized spacial score (nSPS) is 10.3. The SMILES string of the molecule is Nc1cc(I)ccc1Nc1cc(Cl)ccc1Cl. The van der Waals surface area contributed by atoms with Gasteiger partial charge in [0.15, 0.2) is 0 Å². The number of nitrogens with one attached hydrogen (secondary N) is 1. The predicted molar refractivity (Wildman–Crippen MR) is 83.3 cm³/mol. The second-order valence-electron chi connectivity index (χ2n) is 3.48. The molecular weight excluding hydrogens is 370 g/mol. The third-order valence-electron chi connectivity index (χ3n) is 2.21. The average molecular weight is 379 g/mol. The Morgan fingerprint density at radius 1 is 1.00 bits per heavy atom. The predicted octanol–water partition coefficient (Wildman–Crippen LogP) is 4.92. The fraction of sp³-hybridized carbons (Fsp3) is 0. The first kappa shape index (κ1) is 12.8. The van der Waals surface area contributed by atoms with Crippen LogP contribution in [0.2, 0.25) is 10.0 Å². The second kappa shape index (κ2) is 5.33. The molecule has 0 heterocycles. The molecule has 0 saturated carbocycles. The van der Waals surface area contributed by atoms with E-state index >= 15 is 0 Å². The number of nitrogen functional groups attached to an aromatic ring is 1. The minimum absolute atomic E-state index is 0.604. The van der Waals surface area contributed by atoms with E-state index in [4.69, 9.17) is 28.9 Å². The minimum atomic E-state index is 0.604. The summed E-state index contributed by atoms with van der Waals surface area (Å²) in [6.45, 7) is 0. The van der Waals surface area contributed by atoms with E-state index in [-0.39, 0.29) is 0 Å². The van der Waals surface area contributed by atoms with Crippen molar-refractivity contribution in [2.75, 3.05) is 11.1 Å². The molecule has 0 aliphatic heterocycles. The number of hydrogen-bond acceptors (Lipinski definition) is 2. The van der Waals surface area contributed by atoms with Crippen LogP contribution in [0.5, 0.6) is 0 Å². The van der Waals surface area contributed by atoms with E-state index < -0.39 is 0 Å². The van der Waals surface area contributed by atoms with Crippen LogP contribution >= 0.6 is 45.8 Å². The van der Waals surface area contributed by atoms with Crippen molar-refractivity contribution < 1.29 is 0 Å². The monoisotopic (exact) mass is 378 g/mol. The van der Waals surface area contributed by atoms with Gasteiger partial charge in [-0.1, -0.05) is 23.2 Å². The van der Waals surface area contributed by atoms with Gasteiger partial charge in [0.05, 0.1) is 22.1 Å². The Kier molecular flexibility index (Phi) is 4.01. The Morgan fingerprint density at radius 2 is 1.76 bits per heavy atom. The Bertz CT molecular complexity index is 558. The molecule has 88 valence electrons. The molecule has 0 saturated heterocycles. The molecule has 0 aliphatic rings. The molecule has 3 N–H and O–H groups in total. The van der Waals surface area contributed by atoms with E-state index in [1.54, 1.807) is 18.2 Å². The van der Waals surface area contributed by atoms with Crippen molar-refractivity contribution in [3.05, 3.63) is 50.0 Å². The fourth-order valence-electron chi connectivity index (χ4n) is 1.39. The summed E-state index contributed by atoms with van der Waals surface area (Å²) in [6, 6.07) is 11.0. The first-order valence-electron chi connectivity index (χ1n) is 4.83. The summed E-state index contributed by atoms with van der Waals surface area (Å²) < 4.78 is 1.09. The van der Waals surface area contributed by atoms with Gasteiger partial charge in [-0.05, 0) is 59.0 Å². The summed E-state index contributed by atoms with van der Waals surface area (Å²) in [5.41, 5.74) is 8.15. The zero-order chi connectivity index (χ0) is 12.4. The molecule has 0 atom stereocenters. The van der Waals surface area contributed by atoms with Crippen molar-refractivity contribution >= 4 is 62.9 Å². The van der Waals surface area contributed by atoms with Gasteiger partial charge in [0.1, 0.15) is 0 Å². The molecule has 0 fully saturated rings. The van der Waals surface area contributed by atoms with Crippen LogP contribution in [0.3, 0.4) is 0 Å². The van der Waals surface area contributed by atoms with Crippen LogP contribution in [-0.2, 0) is 0 Å². The lowest BCUT2D eigenvalue weighted by molar-refractivity contribution is 1.53. The highest BCUT2D eigenvalue weighted by atomic mass is 127. The zero-order valence-corrected chi connectivity index (χ0v) is 12.3. The van der Waals surface area contributed by atoms with E-state index in [1.807, 2.05) is 18.2 Å². The molecule has 0 aliphatic carbocycles. The van der Waals surface area contributed by atoms with Gasteiger partial charge in [-0.3, -0.25) is 0 Å². The smallest absolute Gasteiger partial charge is 0.0642 e. The molecule has 0 aromatic heterocycles. The second-order valence-corrected chi connectivity index (χ2v) is 5.57. The molecule has 2 aromatic rings. The Hall–Kier alpha value is -0.650. The van der Waals surface area contributed by atoms with Gasteiger partial charge in [-0.15, -0.1) is 0 Å². The van der Waals surface area contributed by atoms with E-state index in [9.17, 15) is 0 Å². The Balaban J connectivity index is 2.34. The van der Waals surface area contributed by atoms with Crippen LogP contribution in [0.1, 0.15) is 0 Å². The van der Waals surface area contributed by atoms with Crippen LogP contribution in [-0.4, -0.2) is 0 Å². The molecule has 2 rings (SSSR count). The summed E-state index contributed by atoms with van der Waals surface area (Å²) in [6.07, 6.45) is 0. The van der Waals surface area contributed by atoms with E-state index in [1.165, 1.54) is 0 Å². The molecule has 0 radical (unpaired) electrons. The number of anilines is 3. The van der Waals surface area contributed by atoms with E-state index in [0.29, 0.717) is 15.7 Å².